The van der Waals surface area contributed by atoms with Gasteiger partial charge in [-0.1, -0.05) is 32.0 Å². The number of benzene rings is 1. The van der Waals surface area contributed by atoms with E-state index in [4.69, 9.17) is 0 Å². The van der Waals surface area contributed by atoms with Gasteiger partial charge in [0.05, 0.1) is 6.42 Å². The first-order chi connectivity index (χ1) is 9.99. The van der Waals surface area contributed by atoms with Gasteiger partial charge in [-0.25, -0.2) is 0 Å². The molecule has 0 saturated heterocycles. The highest BCUT2D eigenvalue weighted by atomic mass is 19.4. The van der Waals surface area contributed by atoms with Crippen LogP contribution in [-0.2, 0) is 0 Å². The van der Waals surface area contributed by atoms with E-state index in [2.05, 4.69) is 10.1 Å². The second kappa shape index (κ2) is 7.21. The average molecular weight is 328 g/mol. The monoisotopic (exact) mass is 328 g/mol. The molecular formula is C14H16F6NO. The molecule has 125 valence electrons. The number of rotatable bonds is 6. The van der Waals surface area contributed by atoms with Crippen LogP contribution in [-0.4, -0.2) is 19.1 Å². The van der Waals surface area contributed by atoms with Gasteiger partial charge in [-0.2, -0.15) is 13.2 Å². The first kappa shape index (κ1) is 18.6. The minimum atomic E-state index is -4.87. The fourth-order valence-electron chi connectivity index (χ4n) is 1.92. The van der Waals surface area contributed by atoms with E-state index < -0.39 is 37.3 Å². The minimum absolute atomic E-state index is 0.141. The summed E-state index contributed by atoms with van der Waals surface area (Å²) in [5.41, 5.74) is 0.141. The van der Waals surface area contributed by atoms with E-state index in [1.165, 1.54) is 18.2 Å². The summed E-state index contributed by atoms with van der Waals surface area (Å²) in [6.45, 7) is 2.84. The number of alkyl halides is 6. The lowest BCUT2D eigenvalue weighted by molar-refractivity contribution is -0.275. The lowest BCUT2D eigenvalue weighted by Gasteiger charge is -2.25. The molecule has 22 heavy (non-hydrogen) atoms. The minimum Gasteiger partial charge on any atom is -0.405 e. The molecule has 2 nitrogen and oxygen atoms in total. The number of halogens is 6. The largest absolute Gasteiger partial charge is 0.573 e. The predicted octanol–water partition coefficient (Wildman–Crippen LogP) is 4.78. The normalized spacial score (nSPS) is 14.2. The van der Waals surface area contributed by atoms with Crippen LogP contribution in [0.3, 0.4) is 0 Å². The third kappa shape index (κ3) is 6.55. The van der Waals surface area contributed by atoms with Crippen LogP contribution in [0.4, 0.5) is 26.3 Å². The Labute approximate surface area is 124 Å². The zero-order valence-electron chi connectivity index (χ0n) is 12.0. The lowest BCUT2D eigenvalue weighted by atomic mass is 9.95. The Hall–Kier alpha value is -1.44. The molecule has 1 unspecified atom stereocenters. The van der Waals surface area contributed by atoms with Gasteiger partial charge in [0.25, 0.3) is 0 Å². The molecule has 0 spiro atoms. The SMILES string of the molecule is C[C](C)C(NCCC(F)(F)F)c1ccccc1OC(F)(F)F. The summed E-state index contributed by atoms with van der Waals surface area (Å²) < 4.78 is 77.7. The Morgan fingerprint density at radius 3 is 2.18 bits per heavy atom. The van der Waals surface area contributed by atoms with Gasteiger partial charge < -0.3 is 10.1 Å². The van der Waals surface area contributed by atoms with E-state index >= 15 is 0 Å². The topological polar surface area (TPSA) is 21.3 Å². The van der Waals surface area contributed by atoms with Crippen molar-refractivity contribution in [2.75, 3.05) is 6.54 Å². The van der Waals surface area contributed by atoms with Gasteiger partial charge in [0.15, 0.2) is 0 Å². The Kier molecular flexibility index (Phi) is 6.10. The maximum Gasteiger partial charge on any atom is 0.573 e. The van der Waals surface area contributed by atoms with E-state index in [1.54, 1.807) is 13.8 Å². The van der Waals surface area contributed by atoms with Crippen molar-refractivity contribution in [2.45, 2.75) is 38.8 Å². The molecular weight excluding hydrogens is 312 g/mol. The van der Waals surface area contributed by atoms with Crippen molar-refractivity contribution >= 4 is 0 Å². The second-order valence-corrected chi connectivity index (χ2v) is 4.92. The molecule has 0 aliphatic heterocycles. The molecule has 0 saturated carbocycles. The van der Waals surface area contributed by atoms with Crippen LogP contribution in [0.25, 0.3) is 0 Å². The quantitative estimate of drug-likeness (QED) is 0.759. The first-order valence-corrected chi connectivity index (χ1v) is 6.44. The average Bonchev–Trinajstić information content (AvgIpc) is 2.32. The summed E-state index contributed by atoms with van der Waals surface area (Å²) in [4.78, 5) is 0. The Bertz CT molecular complexity index is 469. The van der Waals surface area contributed by atoms with Crippen molar-refractivity contribution in [1.29, 1.82) is 0 Å². The standard InChI is InChI=1S/C14H16F6NO/c1-9(2)12(21-8-7-13(15,16)17)10-5-3-4-6-11(10)22-14(18,19)20/h3-6,12,21H,7-8H2,1-2H3. The molecule has 0 aromatic heterocycles. The van der Waals surface area contributed by atoms with Gasteiger partial charge in [0, 0.05) is 18.2 Å². The van der Waals surface area contributed by atoms with E-state index in [-0.39, 0.29) is 5.56 Å². The molecule has 1 atom stereocenters. The predicted molar refractivity (Wildman–Crippen MR) is 69.1 cm³/mol. The summed E-state index contributed by atoms with van der Waals surface area (Å²) in [6, 6.07) is 4.62. The molecule has 0 aliphatic rings. The summed E-state index contributed by atoms with van der Waals surface area (Å²) in [7, 11) is 0. The van der Waals surface area contributed by atoms with E-state index in [0.29, 0.717) is 5.92 Å². The van der Waals surface area contributed by atoms with Crippen molar-refractivity contribution in [3.63, 3.8) is 0 Å². The summed E-state index contributed by atoms with van der Waals surface area (Å²) in [5.74, 6) is 0.195. The smallest absolute Gasteiger partial charge is 0.405 e. The lowest BCUT2D eigenvalue weighted by Crippen LogP contribution is -2.29. The van der Waals surface area contributed by atoms with Crippen LogP contribution in [0.1, 0.15) is 31.9 Å². The molecule has 0 aliphatic carbocycles. The van der Waals surface area contributed by atoms with E-state index in [9.17, 15) is 26.3 Å². The third-order valence-electron chi connectivity index (χ3n) is 2.79. The maximum atomic E-state index is 12.4. The van der Waals surface area contributed by atoms with Crippen LogP contribution in [0.5, 0.6) is 5.75 Å². The Morgan fingerprint density at radius 2 is 1.68 bits per heavy atom. The summed E-state index contributed by atoms with van der Waals surface area (Å²) >= 11 is 0. The first-order valence-electron chi connectivity index (χ1n) is 6.44. The number of nitrogens with one attached hydrogen (secondary N) is 1. The zero-order valence-corrected chi connectivity index (χ0v) is 12.0. The molecule has 0 bridgehead atoms. The fraction of sp³-hybridized carbons (Fsp3) is 0.500. The molecule has 1 aromatic carbocycles. The zero-order chi connectivity index (χ0) is 17.0. The van der Waals surface area contributed by atoms with Gasteiger partial charge in [-0.05, 0) is 12.0 Å². The molecule has 1 rings (SSSR count). The van der Waals surface area contributed by atoms with Crippen LogP contribution >= 0.6 is 0 Å². The van der Waals surface area contributed by atoms with Crippen LogP contribution < -0.4 is 10.1 Å². The summed E-state index contributed by atoms with van der Waals surface area (Å²) in [6.07, 6.45) is -10.3. The highest BCUT2D eigenvalue weighted by molar-refractivity contribution is 5.38. The van der Waals surface area contributed by atoms with Gasteiger partial charge >= 0.3 is 12.5 Å². The van der Waals surface area contributed by atoms with Crippen molar-refractivity contribution < 1.29 is 31.1 Å². The van der Waals surface area contributed by atoms with Crippen molar-refractivity contribution in [2.24, 2.45) is 0 Å². The van der Waals surface area contributed by atoms with Crippen LogP contribution in [0, 0.1) is 5.92 Å². The van der Waals surface area contributed by atoms with Gasteiger partial charge in [0.1, 0.15) is 5.75 Å². The Balaban J connectivity index is 2.92. The maximum absolute atomic E-state index is 12.4. The van der Waals surface area contributed by atoms with Crippen molar-refractivity contribution in [3.05, 3.63) is 35.7 Å². The third-order valence-corrected chi connectivity index (χ3v) is 2.79. The highest BCUT2D eigenvalue weighted by Gasteiger charge is 2.33. The molecule has 8 heteroatoms. The van der Waals surface area contributed by atoms with Gasteiger partial charge in [-0.3, -0.25) is 0 Å². The highest BCUT2D eigenvalue weighted by Crippen LogP contribution is 2.34. The number of ether oxygens (including phenoxy) is 1. The Morgan fingerprint density at radius 1 is 1.09 bits per heavy atom. The van der Waals surface area contributed by atoms with Gasteiger partial charge in [0.2, 0.25) is 0 Å². The van der Waals surface area contributed by atoms with E-state index in [0.717, 1.165) is 6.07 Å². The van der Waals surface area contributed by atoms with Crippen LogP contribution in [0.2, 0.25) is 0 Å². The molecule has 1 aromatic rings. The number of hydrogen-bond donors (Lipinski definition) is 1. The van der Waals surface area contributed by atoms with E-state index in [1.807, 2.05) is 0 Å². The van der Waals surface area contributed by atoms with Crippen molar-refractivity contribution in [3.8, 4) is 5.75 Å². The molecule has 1 radical (unpaired) electrons. The fourth-order valence-corrected chi connectivity index (χ4v) is 1.92. The molecule has 0 heterocycles. The summed E-state index contributed by atoms with van der Waals surface area (Å²) in [5, 5.41) is 2.61. The molecule has 1 N–H and O–H groups in total. The molecule has 0 fully saturated rings. The van der Waals surface area contributed by atoms with Crippen LogP contribution in [0.15, 0.2) is 24.3 Å². The number of para-hydroxylation sites is 1. The number of hydrogen-bond acceptors (Lipinski definition) is 2. The van der Waals surface area contributed by atoms with Gasteiger partial charge in [-0.15, -0.1) is 13.2 Å². The second-order valence-electron chi connectivity index (χ2n) is 4.92. The van der Waals surface area contributed by atoms with Crippen molar-refractivity contribution in [1.82, 2.24) is 5.32 Å². The molecule has 0 amide bonds.